The highest BCUT2D eigenvalue weighted by molar-refractivity contribution is 7.90. The molecule has 0 aliphatic rings. The summed E-state index contributed by atoms with van der Waals surface area (Å²) < 4.78 is 29.7. The van der Waals surface area contributed by atoms with Crippen molar-refractivity contribution in [1.82, 2.24) is 14.8 Å². The van der Waals surface area contributed by atoms with Crippen LogP contribution in [0.3, 0.4) is 0 Å². The van der Waals surface area contributed by atoms with Crippen molar-refractivity contribution in [3.8, 4) is 0 Å². The van der Waals surface area contributed by atoms with Gasteiger partial charge in [0.1, 0.15) is 11.1 Å². The molecule has 17 heavy (non-hydrogen) atoms. The minimum absolute atomic E-state index is 0.215. The van der Waals surface area contributed by atoms with Gasteiger partial charge in [-0.15, -0.1) is 10.2 Å². The second kappa shape index (κ2) is 5.56. The van der Waals surface area contributed by atoms with E-state index in [0.29, 0.717) is 24.8 Å². The van der Waals surface area contributed by atoms with Crippen LogP contribution in [-0.2, 0) is 27.7 Å². The average Bonchev–Trinajstić information content (AvgIpc) is 2.66. The molecule has 8 heteroatoms. The molecule has 1 heterocycles. The maximum atomic E-state index is 11.5. The highest BCUT2D eigenvalue weighted by Crippen LogP contribution is 2.19. The van der Waals surface area contributed by atoms with Gasteiger partial charge in [0, 0.05) is 19.9 Å². The molecule has 0 radical (unpaired) electrons. The summed E-state index contributed by atoms with van der Waals surface area (Å²) in [5.41, 5.74) is 5.53. The van der Waals surface area contributed by atoms with Crippen molar-refractivity contribution < 1.29 is 13.2 Å². The van der Waals surface area contributed by atoms with Crippen molar-refractivity contribution in [1.29, 1.82) is 0 Å². The van der Waals surface area contributed by atoms with E-state index in [1.807, 2.05) is 0 Å². The van der Waals surface area contributed by atoms with Crippen LogP contribution in [0.15, 0.2) is 0 Å². The van der Waals surface area contributed by atoms with Crippen molar-refractivity contribution in [2.45, 2.75) is 25.3 Å². The highest BCUT2D eigenvalue weighted by atomic mass is 32.2. The van der Waals surface area contributed by atoms with Crippen molar-refractivity contribution in [2.24, 2.45) is 5.73 Å². The molecule has 98 valence electrons. The molecule has 0 aromatic carbocycles. The van der Waals surface area contributed by atoms with Gasteiger partial charge in [0.15, 0.2) is 15.7 Å². The van der Waals surface area contributed by atoms with Crippen LogP contribution in [0.2, 0.25) is 0 Å². The van der Waals surface area contributed by atoms with Crippen molar-refractivity contribution in [3.05, 3.63) is 11.6 Å². The smallest absolute Gasteiger partial charge is 0.157 e. The molecule has 2 N–H and O–H groups in total. The third-order valence-electron chi connectivity index (χ3n) is 2.56. The average molecular weight is 262 g/mol. The molecule has 0 aliphatic heterocycles. The van der Waals surface area contributed by atoms with E-state index in [2.05, 4.69) is 10.2 Å². The molecule has 0 spiro atoms. The molecular weight excluding hydrogens is 244 g/mol. The van der Waals surface area contributed by atoms with Gasteiger partial charge in [0.2, 0.25) is 0 Å². The zero-order chi connectivity index (χ0) is 13.1. The summed E-state index contributed by atoms with van der Waals surface area (Å²) in [6.45, 7) is 2.75. The zero-order valence-corrected chi connectivity index (χ0v) is 11.1. The third kappa shape index (κ3) is 3.24. The number of nitrogens with zero attached hydrogens (tertiary/aromatic N) is 3. The van der Waals surface area contributed by atoms with Crippen molar-refractivity contribution in [2.75, 3.05) is 20.0 Å². The number of ether oxygens (including phenoxy) is 1. The van der Waals surface area contributed by atoms with Crippen molar-refractivity contribution >= 4 is 9.84 Å². The van der Waals surface area contributed by atoms with Crippen LogP contribution in [-0.4, -0.2) is 43.2 Å². The SMILES string of the molecule is COCCn1c(CN)nnc1C(C)S(C)(=O)=O. The summed E-state index contributed by atoms with van der Waals surface area (Å²) in [5, 5.41) is 7.09. The van der Waals surface area contributed by atoms with Crippen LogP contribution in [0.4, 0.5) is 0 Å². The lowest BCUT2D eigenvalue weighted by molar-refractivity contribution is 0.185. The Labute approximate surface area is 101 Å². The number of hydrogen-bond acceptors (Lipinski definition) is 6. The topological polar surface area (TPSA) is 100 Å². The predicted octanol–water partition coefficient (Wildman–Crippen LogP) is -0.511. The Balaban J connectivity index is 3.11. The second-order valence-corrected chi connectivity index (χ2v) is 6.16. The summed E-state index contributed by atoms with van der Waals surface area (Å²) in [4.78, 5) is 0. The van der Waals surface area contributed by atoms with Gasteiger partial charge in [-0.2, -0.15) is 0 Å². The normalized spacial score (nSPS) is 13.9. The number of methoxy groups -OCH3 is 1. The Bertz CT molecular complexity index is 469. The van der Waals surface area contributed by atoms with Gasteiger partial charge in [0.05, 0.1) is 13.2 Å². The van der Waals surface area contributed by atoms with Gasteiger partial charge in [-0.25, -0.2) is 8.42 Å². The molecule has 0 saturated heterocycles. The maximum absolute atomic E-state index is 11.5. The van der Waals surface area contributed by atoms with Crippen LogP contribution in [0.5, 0.6) is 0 Å². The molecule has 0 aliphatic carbocycles. The molecule has 0 amide bonds. The number of rotatable bonds is 6. The Morgan fingerprint density at radius 2 is 2.12 bits per heavy atom. The number of hydrogen-bond donors (Lipinski definition) is 1. The Kier molecular flexibility index (Phi) is 4.61. The van der Waals surface area contributed by atoms with Gasteiger partial charge < -0.3 is 15.0 Å². The molecule has 1 unspecified atom stereocenters. The van der Waals surface area contributed by atoms with Gasteiger partial charge >= 0.3 is 0 Å². The van der Waals surface area contributed by atoms with Gasteiger partial charge in [-0.3, -0.25) is 0 Å². The third-order valence-corrected chi connectivity index (χ3v) is 4.06. The molecule has 7 nitrogen and oxygen atoms in total. The van der Waals surface area contributed by atoms with E-state index in [1.54, 1.807) is 18.6 Å². The number of aromatic nitrogens is 3. The van der Waals surface area contributed by atoms with E-state index in [9.17, 15) is 8.42 Å². The van der Waals surface area contributed by atoms with Crippen LogP contribution < -0.4 is 5.73 Å². The molecule has 1 rings (SSSR count). The molecule has 1 aromatic heterocycles. The first kappa shape index (κ1) is 14.1. The van der Waals surface area contributed by atoms with E-state index in [4.69, 9.17) is 10.5 Å². The lowest BCUT2D eigenvalue weighted by Crippen LogP contribution is -2.18. The summed E-state index contributed by atoms with van der Waals surface area (Å²) in [5.74, 6) is 0.970. The minimum atomic E-state index is -3.20. The Morgan fingerprint density at radius 1 is 1.47 bits per heavy atom. The Hall–Kier alpha value is -0.990. The molecule has 1 aromatic rings. The fourth-order valence-corrected chi connectivity index (χ4v) is 1.98. The summed E-state index contributed by atoms with van der Waals surface area (Å²) in [6.07, 6.45) is 1.18. The predicted molar refractivity (Wildman–Crippen MR) is 63.0 cm³/mol. The summed E-state index contributed by atoms with van der Waals surface area (Å²) in [6, 6.07) is 0. The molecule has 1 atom stereocenters. The van der Waals surface area contributed by atoms with Crippen molar-refractivity contribution in [3.63, 3.8) is 0 Å². The zero-order valence-electron chi connectivity index (χ0n) is 10.3. The minimum Gasteiger partial charge on any atom is -0.383 e. The molecule has 0 fully saturated rings. The monoisotopic (exact) mass is 262 g/mol. The van der Waals surface area contributed by atoms with Crippen LogP contribution in [0.1, 0.15) is 23.8 Å². The second-order valence-electron chi connectivity index (χ2n) is 3.79. The van der Waals surface area contributed by atoms with E-state index < -0.39 is 15.1 Å². The standard InChI is InChI=1S/C9H18N4O3S/c1-7(17(3,14)15)9-12-11-8(6-10)13(9)4-5-16-2/h7H,4-6,10H2,1-3H3. The van der Waals surface area contributed by atoms with Crippen LogP contribution in [0, 0.1) is 0 Å². The lowest BCUT2D eigenvalue weighted by Gasteiger charge is -2.12. The van der Waals surface area contributed by atoms with E-state index >= 15 is 0 Å². The summed E-state index contributed by atoms with van der Waals surface area (Å²) in [7, 11) is -1.63. The number of sulfone groups is 1. The first-order chi connectivity index (χ1) is 7.91. The maximum Gasteiger partial charge on any atom is 0.157 e. The molecule has 0 saturated carbocycles. The summed E-state index contributed by atoms with van der Waals surface area (Å²) >= 11 is 0. The van der Waals surface area contributed by atoms with Gasteiger partial charge in [0.25, 0.3) is 0 Å². The largest absolute Gasteiger partial charge is 0.383 e. The van der Waals surface area contributed by atoms with Gasteiger partial charge in [-0.05, 0) is 6.92 Å². The van der Waals surface area contributed by atoms with Crippen LogP contribution >= 0.6 is 0 Å². The quantitative estimate of drug-likeness (QED) is 0.741. The Morgan fingerprint density at radius 3 is 2.59 bits per heavy atom. The van der Waals surface area contributed by atoms with Crippen LogP contribution in [0.25, 0.3) is 0 Å². The van der Waals surface area contributed by atoms with E-state index in [1.165, 1.54) is 6.26 Å². The van der Waals surface area contributed by atoms with Gasteiger partial charge in [-0.1, -0.05) is 0 Å². The molecular formula is C9H18N4O3S. The first-order valence-electron chi connectivity index (χ1n) is 5.21. The fourth-order valence-electron chi connectivity index (χ4n) is 1.42. The number of nitrogens with two attached hydrogens (primary N) is 1. The van der Waals surface area contributed by atoms with E-state index in [-0.39, 0.29) is 6.54 Å². The van der Waals surface area contributed by atoms with E-state index in [0.717, 1.165) is 0 Å². The lowest BCUT2D eigenvalue weighted by atomic mass is 10.4. The fraction of sp³-hybridized carbons (Fsp3) is 0.778. The highest BCUT2D eigenvalue weighted by Gasteiger charge is 2.24. The first-order valence-corrected chi connectivity index (χ1v) is 7.17. The molecule has 0 bridgehead atoms.